The van der Waals surface area contributed by atoms with Gasteiger partial charge in [-0.2, -0.15) is 0 Å². The zero-order valence-electron chi connectivity index (χ0n) is 11.8. The van der Waals surface area contributed by atoms with Gasteiger partial charge in [-0.1, -0.05) is 38.1 Å². The summed E-state index contributed by atoms with van der Waals surface area (Å²) in [5, 5.41) is 12.9. The van der Waals surface area contributed by atoms with Gasteiger partial charge in [0.25, 0.3) is 0 Å². The third-order valence-electron chi connectivity index (χ3n) is 3.05. The summed E-state index contributed by atoms with van der Waals surface area (Å²) in [7, 11) is 0. The lowest BCUT2D eigenvalue weighted by Crippen LogP contribution is -2.83. The van der Waals surface area contributed by atoms with E-state index in [0.717, 1.165) is 30.2 Å². The second kappa shape index (κ2) is 6.39. The Kier molecular flexibility index (Phi) is 4.58. The number of benzene rings is 1. The van der Waals surface area contributed by atoms with Crippen LogP contribution in [0.25, 0.3) is 11.3 Å². The van der Waals surface area contributed by atoms with Gasteiger partial charge in [-0.3, -0.25) is 0 Å². The molecule has 20 heavy (non-hydrogen) atoms. The van der Waals surface area contributed by atoms with Crippen molar-refractivity contribution in [1.29, 1.82) is 0 Å². The van der Waals surface area contributed by atoms with Gasteiger partial charge in [0, 0.05) is 11.5 Å². The number of aromatic carboxylic acids is 1. The van der Waals surface area contributed by atoms with Crippen LogP contribution in [0.2, 0.25) is 0 Å². The van der Waals surface area contributed by atoms with Crippen LogP contribution in [0.1, 0.15) is 30.0 Å². The van der Waals surface area contributed by atoms with Crippen molar-refractivity contribution < 1.29 is 19.6 Å². The van der Waals surface area contributed by atoms with E-state index >= 15 is 0 Å². The molecule has 1 aromatic heterocycles. The lowest BCUT2D eigenvalue weighted by atomic mass is 10.1. The van der Waals surface area contributed by atoms with Gasteiger partial charge in [-0.25, -0.2) is 0 Å². The second-order valence-corrected chi connectivity index (χ2v) is 5.25. The van der Waals surface area contributed by atoms with Crippen molar-refractivity contribution in [3.8, 4) is 11.3 Å². The Bertz CT molecular complexity index is 570. The van der Waals surface area contributed by atoms with E-state index in [-0.39, 0.29) is 5.56 Å². The number of hydrogen-bond donors (Lipinski definition) is 1. The summed E-state index contributed by atoms with van der Waals surface area (Å²) in [4.78, 5) is 10.7. The molecule has 0 bridgehead atoms. The van der Waals surface area contributed by atoms with E-state index in [1.807, 2.05) is 12.1 Å². The molecule has 2 rings (SSSR count). The molecule has 1 aromatic carbocycles. The largest absolute Gasteiger partial charge is 0.545 e. The highest BCUT2D eigenvalue weighted by atomic mass is 16.4. The average molecular weight is 273 g/mol. The lowest BCUT2D eigenvalue weighted by Gasteiger charge is -2.03. The first kappa shape index (κ1) is 14.3. The molecule has 0 aliphatic heterocycles. The molecule has 0 saturated heterocycles. The summed E-state index contributed by atoms with van der Waals surface area (Å²) in [5.41, 5.74) is 1.04. The minimum Gasteiger partial charge on any atom is -0.545 e. The first-order valence-electron chi connectivity index (χ1n) is 6.78. The van der Waals surface area contributed by atoms with Crippen LogP contribution in [0.15, 0.2) is 40.8 Å². The average Bonchev–Trinajstić information content (AvgIpc) is 2.87. The monoisotopic (exact) mass is 273 g/mol. The number of carbonyl (C=O) groups excluding carboxylic acids is 1. The molecule has 106 valence electrons. The molecule has 0 atom stereocenters. The standard InChI is InChI=1S/C16H19NO3/c1-11(2)9-17-10-14-7-8-15(20-14)12-3-5-13(6-4-12)16(18)19/h3-8,11,17H,9-10H2,1-2H3,(H,18,19). The molecule has 0 unspecified atom stereocenters. The van der Waals surface area contributed by atoms with Crippen LogP contribution in [-0.2, 0) is 6.54 Å². The zero-order chi connectivity index (χ0) is 14.5. The molecular formula is C16H19NO3. The predicted octanol–water partition coefficient (Wildman–Crippen LogP) is 1.03. The number of rotatable bonds is 6. The fraction of sp³-hybridized carbons (Fsp3) is 0.312. The Labute approximate surface area is 118 Å². The first-order valence-corrected chi connectivity index (χ1v) is 6.78. The molecule has 2 N–H and O–H groups in total. The van der Waals surface area contributed by atoms with E-state index in [0.29, 0.717) is 5.92 Å². The maximum atomic E-state index is 10.7. The topological polar surface area (TPSA) is 69.9 Å². The molecule has 0 amide bonds. The van der Waals surface area contributed by atoms with Gasteiger partial charge in [0.2, 0.25) is 0 Å². The summed E-state index contributed by atoms with van der Waals surface area (Å²) in [6, 6.07) is 10.4. The molecule has 2 aromatic rings. The van der Waals surface area contributed by atoms with Crippen LogP contribution in [0.5, 0.6) is 0 Å². The normalized spacial score (nSPS) is 10.9. The van der Waals surface area contributed by atoms with Crippen LogP contribution in [0.4, 0.5) is 0 Å². The van der Waals surface area contributed by atoms with Crippen molar-refractivity contribution in [3.63, 3.8) is 0 Å². The number of carboxylic acids is 1. The number of hydrogen-bond acceptors (Lipinski definition) is 3. The Balaban J connectivity index is 2.02. The van der Waals surface area contributed by atoms with E-state index in [1.54, 1.807) is 12.1 Å². The quantitative estimate of drug-likeness (QED) is 0.854. The maximum Gasteiger partial charge on any atom is 0.158 e. The molecule has 0 fully saturated rings. The summed E-state index contributed by atoms with van der Waals surface area (Å²) < 4.78 is 5.76. The highest BCUT2D eigenvalue weighted by Crippen LogP contribution is 2.22. The van der Waals surface area contributed by atoms with Gasteiger partial charge in [0.15, 0.2) is 5.76 Å². The van der Waals surface area contributed by atoms with Crippen molar-refractivity contribution in [2.24, 2.45) is 5.92 Å². The van der Waals surface area contributed by atoms with Crippen molar-refractivity contribution in [3.05, 3.63) is 47.7 Å². The van der Waals surface area contributed by atoms with Crippen molar-refractivity contribution in [1.82, 2.24) is 0 Å². The van der Waals surface area contributed by atoms with Gasteiger partial charge in [-0.15, -0.1) is 0 Å². The minimum absolute atomic E-state index is 0.172. The number of quaternary nitrogens is 1. The third-order valence-corrected chi connectivity index (χ3v) is 3.05. The summed E-state index contributed by atoms with van der Waals surface area (Å²) in [5.74, 6) is 1.16. The van der Waals surface area contributed by atoms with E-state index in [1.165, 1.54) is 12.1 Å². The molecule has 4 nitrogen and oxygen atoms in total. The zero-order valence-corrected chi connectivity index (χ0v) is 11.8. The number of carbonyl (C=O) groups is 1. The molecular weight excluding hydrogens is 254 g/mol. The number of furan rings is 1. The van der Waals surface area contributed by atoms with Crippen molar-refractivity contribution in [2.75, 3.05) is 6.54 Å². The van der Waals surface area contributed by atoms with E-state index in [4.69, 9.17) is 4.42 Å². The van der Waals surface area contributed by atoms with E-state index < -0.39 is 5.97 Å². The Morgan fingerprint density at radius 1 is 1.20 bits per heavy atom. The molecule has 0 radical (unpaired) electrons. The Morgan fingerprint density at radius 2 is 1.90 bits per heavy atom. The smallest absolute Gasteiger partial charge is 0.158 e. The van der Waals surface area contributed by atoms with Gasteiger partial charge in [-0.05, 0) is 17.7 Å². The van der Waals surface area contributed by atoms with Crippen LogP contribution >= 0.6 is 0 Å². The third kappa shape index (κ3) is 3.71. The SMILES string of the molecule is CC(C)C[NH2+]Cc1ccc(-c2ccc(C(=O)[O-])cc2)o1. The lowest BCUT2D eigenvalue weighted by molar-refractivity contribution is -0.676. The summed E-state index contributed by atoms with van der Waals surface area (Å²) in [6.07, 6.45) is 0. The minimum atomic E-state index is -1.17. The van der Waals surface area contributed by atoms with Crippen molar-refractivity contribution >= 4 is 5.97 Å². The molecule has 4 heteroatoms. The fourth-order valence-corrected chi connectivity index (χ4v) is 1.97. The number of carboxylic acid groups (broad SMARTS) is 1. The van der Waals surface area contributed by atoms with E-state index in [9.17, 15) is 9.90 Å². The van der Waals surface area contributed by atoms with Gasteiger partial charge >= 0.3 is 0 Å². The molecule has 0 aliphatic carbocycles. The highest BCUT2D eigenvalue weighted by Gasteiger charge is 2.07. The maximum absolute atomic E-state index is 10.7. The molecule has 0 saturated carbocycles. The van der Waals surface area contributed by atoms with Crippen LogP contribution in [-0.4, -0.2) is 12.5 Å². The highest BCUT2D eigenvalue weighted by molar-refractivity contribution is 5.86. The molecule has 0 aliphatic rings. The molecule has 0 spiro atoms. The second-order valence-electron chi connectivity index (χ2n) is 5.25. The van der Waals surface area contributed by atoms with Gasteiger partial charge < -0.3 is 19.6 Å². The van der Waals surface area contributed by atoms with Crippen molar-refractivity contribution in [2.45, 2.75) is 20.4 Å². The van der Waals surface area contributed by atoms with Crippen LogP contribution in [0, 0.1) is 5.92 Å². The van der Waals surface area contributed by atoms with Gasteiger partial charge in [0.1, 0.15) is 12.3 Å². The summed E-state index contributed by atoms with van der Waals surface area (Å²) >= 11 is 0. The molecule has 1 heterocycles. The van der Waals surface area contributed by atoms with Gasteiger partial charge in [0.05, 0.1) is 12.5 Å². The summed E-state index contributed by atoms with van der Waals surface area (Å²) in [6.45, 7) is 6.25. The fourth-order valence-electron chi connectivity index (χ4n) is 1.97. The van der Waals surface area contributed by atoms with E-state index in [2.05, 4.69) is 19.2 Å². The van der Waals surface area contributed by atoms with Crippen LogP contribution < -0.4 is 10.4 Å². The Morgan fingerprint density at radius 3 is 2.50 bits per heavy atom. The Hall–Kier alpha value is -2.07. The van der Waals surface area contributed by atoms with Crippen LogP contribution in [0.3, 0.4) is 0 Å². The first-order chi connectivity index (χ1) is 9.56. The number of nitrogens with two attached hydrogens (primary N) is 1. The predicted molar refractivity (Wildman–Crippen MR) is 73.8 cm³/mol.